The number of carbonyl (C=O) groups is 1. The van der Waals surface area contributed by atoms with Crippen molar-refractivity contribution in [2.45, 2.75) is 13.5 Å². The monoisotopic (exact) mass is 476 g/mol. The van der Waals surface area contributed by atoms with Gasteiger partial charge in [-0.25, -0.2) is 0 Å². The number of hydrogen-bond donors (Lipinski definition) is 1. The molecule has 0 saturated heterocycles. The summed E-state index contributed by atoms with van der Waals surface area (Å²) in [4.78, 5) is 12.6. The van der Waals surface area contributed by atoms with Crippen molar-refractivity contribution in [3.63, 3.8) is 0 Å². The Hall–Kier alpha value is -3.56. The minimum Gasteiger partial charge on any atom is -0.497 e. The second-order valence-corrected chi connectivity index (χ2v) is 7.72. The summed E-state index contributed by atoms with van der Waals surface area (Å²) in [5, 5.41) is 12.3. The molecular weight excluding hydrogens is 456 g/mol. The molecule has 1 N–H and O–H groups in total. The van der Waals surface area contributed by atoms with Crippen LogP contribution in [0.5, 0.6) is 11.5 Å². The van der Waals surface area contributed by atoms with E-state index in [1.807, 2.05) is 49.4 Å². The van der Waals surface area contributed by atoms with Crippen LogP contribution in [0.15, 0.2) is 76.8 Å². The highest BCUT2D eigenvalue weighted by Crippen LogP contribution is 2.28. The van der Waals surface area contributed by atoms with Gasteiger partial charge < -0.3 is 14.8 Å². The number of methoxy groups -OCH3 is 1. The van der Waals surface area contributed by atoms with E-state index in [0.717, 1.165) is 10.0 Å². The predicted octanol–water partition coefficient (Wildman–Crippen LogP) is 5.89. The van der Waals surface area contributed by atoms with Crippen molar-refractivity contribution >= 4 is 33.6 Å². The fourth-order valence-electron chi connectivity index (χ4n) is 2.77. The summed E-state index contributed by atoms with van der Waals surface area (Å²) in [6, 6.07) is 22.4. The summed E-state index contributed by atoms with van der Waals surface area (Å²) in [5.74, 6) is 0.642. The van der Waals surface area contributed by atoms with Gasteiger partial charge in [0.1, 0.15) is 29.7 Å². The fourth-order valence-corrected chi connectivity index (χ4v) is 3.03. The maximum Gasteiger partial charge on any atom is 0.266 e. The second-order valence-electron chi connectivity index (χ2n) is 6.81. The number of rotatable bonds is 7. The summed E-state index contributed by atoms with van der Waals surface area (Å²) in [7, 11) is 1.57. The number of halogens is 1. The standard InChI is InChI=1S/C25H21BrN2O3/c1-17-3-5-18(6-4-17)16-31-24-14-23(30-2)12-7-19(24)13-20(15-27)25(29)28-22-10-8-21(26)9-11-22/h3-14H,16H2,1-2H3,(H,28,29)/b20-13+. The number of benzene rings is 3. The number of ether oxygens (including phenoxy) is 2. The summed E-state index contributed by atoms with van der Waals surface area (Å²) < 4.78 is 12.2. The first kappa shape index (κ1) is 22.1. The van der Waals surface area contributed by atoms with E-state index in [4.69, 9.17) is 9.47 Å². The molecule has 0 fully saturated rings. The van der Waals surface area contributed by atoms with Crippen LogP contribution in [0.2, 0.25) is 0 Å². The molecule has 3 rings (SSSR count). The quantitative estimate of drug-likeness (QED) is 0.340. The SMILES string of the molecule is COc1ccc(/C=C(\C#N)C(=O)Nc2ccc(Br)cc2)c(OCc2ccc(C)cc2)c1. The van der Waals surface area contributed by atoms with Gasteiger partial charge in [-0.05, 0) is 55.0 Å². The number of aryl methyl sites for hydroxylation is 1. The minimum atomic E-state index is -0.495. The molecule has 0 aliphatic heterocycles. The average molecular weight is 477 g/mol. The topological polar surface area (TPSA) is 71.3 Å². The van der Waals surface area contributed by atoms with E-state index in [0.29, 0.717) is 29.4 Å². The van der Waals surface area contributed by atoms with Gasteiger partial charge in [0.05, 0.1) is 7.11 Å². The zero-order chi connectivity index (χ0) is 22.2. The molecule has 0 atom stereocenters. The summed E-state index contributed by atoms with van der Waals surface area (Å²) in [6.07, 6.45) is 1.51. The molecule has 6 heteroatoms. The molecule has 156 valence electrons. The molecule has 31 heavy (non-hydrogen) atoms. The maximum absolute atomic E-state index is 12.6. The Bertz CT molecular complexity index is 1130. The van der Waals surface area contributed by atoms with E-state index >= 15 is 0 Å². The molecular formula is C25H21BrN2O3. The zero-order valence-electron chi connectivity index (χ0n) is 17.2. The Morgan fingerprint density at radius 2 is 1.81 bits per heavy atom. The van der Waals surface area contributed by atoms with Gasteiger partial charge in [0.25, 0.3) is 5.91 Å². The Labute approximate surface area is 190 Å². The van der Waals surface area contributed by atoms with Gasteiger partial charge in [-0.2, -0.15) is 5.26 Å². The van der Waals surface area contributed by atoms with Crippen molar-refractivity contribution < 1.29 is 14.3 Å². The Morgan fingerprint density at radius 1 is 1.10 bits per heavy atom. The molecule has 0 saturated carbocycles. The highest BCUT2D eigenvalue weighted by atomic mass is 79.9. The molecule has 3 aromatic rings. The molecule has 0 unspecified atom stereocenters. The third kappa shape index (κ3) is 6.21. The molecule has 0 heterocycles. The third-order valence-corrected chi connectivity index (χ3v) is 5.03. The highest BCUT2D eigenvalue weighted by molar-refractivity contribution is 9.10. The van der Waals surface area contributed by atoms with Crippen LogP contribution in [0, 0.1) is 18.3 Å². The van der Waals surface area contributed by atoms with E-state index in [1.54, 1.807) is 37.4 Å². The third-order valence-electron chi connectivity index (χ3n) is 4.50. The molecule has 0 aliphatic rings. The van der Waals surface area contributed by atoms with Crippen LogP contribution in [0.25, 0.3) is 6.08 Å². The fraction of sp³-hybridized carbons (Fsp3) is 0.120. The Morgan fingerprint density at radius 3 is 2.45 bits per heavy atom. The lowest BCUT2D eigenvalue weighted by Gasteiger charge is -2.12. The summed E-state index contributed by atoms with van der Waals surface area (Å²) in [6.45, 7) is 2.37. The van der Waals surface area contributed by atoms with Gasteiger partial charge >= 0.3 is 0 Å². The number of anilines is 1. The Kier molecular flexibility index (Phi) is 7.47. The summed E-state index contributed by atoms with van der Waals surface area (Å²) in [5.41, 5.74) is 3.35. The minimum absolute atomic E-state index is 0.0340. The molecule has 3 aromatic carbocycles. The van der Waals surface area contributed by atoms with Crippen molar-refractivity contribution in [3.05, 3.63) is 93.5 Å². The summed E-state index contributed by atoms with van der Waals surface area (Å²) >= 11 is 3.35. The number of amides is 1. The largest absolute Gasteiger partial charge is 0.497 e. The molecule has 0 bridgehead atoms. The van der Waals surface area contributed by atoms with E-state index in [-0.39, 0.29) is 5.57 Å². The van der Waals surface area contributed by atoms with E-state index in [2.05, 4.69) is 21.2 Å². The van der Waals surface area contributed by atoms with Crippen molar-refractivity contribution in [1.82, 2.24) is 0 Å². The van der Waals surface area contributed by atoms with Gasteiger partial charge in [0.2, 0.25) is 0 Å². The number of nitriles is 1. The Balaban J connectivity index is 1.83. The van der Waals surface area contributed by atoms with Crippen LogP contribution < -0.4 is 14.8 Å². The number of nitrogens with one attached hydrogen (secondary N) is 1. The van der Waals surface area contributed by atoms with Crippen LogP contribution in [0.4, 0.5) is 5.69 Å². The van der Waals surface area contributed by atoms with Crippen molar-refractivity contribution in [1.29, 1.82) is 5.26 Å². The van der Waals surface area contributed by atoms with Gasteiger partial charge in [0, 0.05) is 21.8 Å². The normalized spacial score (nSPS) is 10.8. The molecule has 5 nitrogen and oxygen atoms in total. The highest BCUT2D eigenvalue weighted by Gasteiger charge is 2.12. The van der Waals surface area contributed by atoms with E-state index < -0.39 is 5.91 Å². The van der Waals surface area contributed by atoms with Gasteiger partial charge in [-0.15, -0.1) is 0 Å². The number of carbonyl (C=O) groups excluding carboxylic acids is 1. The van der Waals surface area contributed by atoms with Crippen LogP contribution in [-0.4, -0.2) is 13.0 Å². The van der Waals surface area contributed by atoms with Crippen LogP contribution in [0.1, 0.15) is 16.7 Å². The van der Waals surface area contributed by atoms with Gasteiger partial charge in [0.15, 0.2) is 0 Å². The smallest absolute Gasteiger partial charge is 0.266 e. The predicted molar refractivity (Wildman–Crippen MR) is 125 cm³/mol. The van der Waals surface area contributed by atoms with E-state index in [1.165, 1.54) is 11.6 Å². The molecule has 0 spiro atoms. The van der Waals surface area contributed by atoms with Crippen molar-refractivity contribution in [2.24, 2.45) is 0 Å². The maximum atomic E-state index is 12.6. The van der Waals surface area contributed by atoms with Crippen molar-refractivity contribution in [2.75, 3.05) is 12.4 Å². The average Bonchev–Trinajstić information content (AvgIpc) is 2.79. The first-order valence-electron chi connectivity index (χ1n) is 9.53. The van der Waals surface area contributed by atoms with Crippen LogP contribution >= 0.6 is 15.9 Å². The van der Waals surface area contributed by atoms with Gasteiger partial charge in [-0.3, -0.25) is 4.79 Å². The number of nitrogens with zero attached hydrogens (tertiary/aromatic N) is 1. The molecule has 1 amide bonds. The lowest BCUT2D eigenvalue weighted by Crippen LogP contribution is -2.13. The van der Waals surface area contributed by atoms with Gasteiger partial charge in [-0.1, -0.05) is 45.8 Å². The van der Waals surface area contributed by atoms with E-state index in [9.17, 15) is 10.1 Å². The number of hydrogen-bond acceptors (Lipinski definition) is 4. The lowest BCUT2D eigenvalue weighted by atomic mass is 10.1. The van der Waals surface area contributed by atoms with Crippen LogP contribution in [-0.2, 0) is 11.4 Å². The molecule has 0 aliphatic carbocycles. The lowest BCUT2D eigenvalue weighted by molar-refractivity contribution is -0.112. The molecule has 0 radical (unpaired) electrons. The second kappa shape index (κ2) is 10.5. The first-order chi connectivity index (χ1) is 15.0. The molecule has 0 aromatic heterocycles. The van der Waals surface area contributed by atoms with Crippen molar-refractivity contribution in [3.8, 4) is 17.6 Å². The zero-order valence-corrected chi connectivity index (χ0v) is 18.8. The first-order valence-corrected chi connectivity index (χ1v) is 10.3. The van der Waals surface area contributed by atoms with Crippen LogP contribution in [0.3, 0.4) is 0 Å².